The molecular weight excluding hydrogens is 289 g/mol. The molecule has 0 amide bonds. The average Bonchev–Trinajstić information content (AvgIpc) is 2.38. The Kier molecular flexibility index (Phi) is 4.09. The lowest BCUT2D eigenvalue weighted by atomic mass is 10.2. The van der Waals surface area contributed by atoms with E-state index in [9.17, 15) is 0 Å². The number of oxime groups is 1. The molecule has 0 aliphatic heterocycles. The third-order valence-corrected chi connectivity index (χ3v) is 2.76. The monoisotopic (exact) mass is 297 g/mol. The SMILES string of the molecule is NC(=NO)c1ccc(Oc2cncc(Cl)c2)cc1Cl. The number of hydrogen-bond acceptors (Lipinski definition) is 4. The Bertz CT molecular complexity index is 632. The van der Waals surface area contributed by atoms with Gasteiger partial charge >= 0.3 is 0 Å². The van der Waals surface area contributed by atoms with Crippen LogP contribution in [-0.2, 0) is 0 Å². The Morgan fingerprint density at radius 1 is 1.21 bits per heavy atom. The fourth-order valence-corrected chi connectivity index (χ4v) is 1.84. The van der Waals surface area contributed by atoms with Gasteiger partial charge in [-0.1, -0.05) is 28.4 Å². The van der Waals surface area contributed by atoms with E-state index < -0.39 is 0 Å². The van der Waals surface area contributed by atoms with Gasteiger partial charge in [-0.2, -0.15) is 0 Å². The molecule has 0 spiro atoms. The van der Waals surface area contributed by atoms with Gasteiger partial charge in [0, 0.05) is 23.9 Å². The fraction of sp³-hybridized carbons (Fsp3) is 0. The number of pyridine rings is 1. The van der Waals surface area contributed by atoms with E-state index in [1.807, 2.05) is 0 Å². The first kappa shape index (κ1) is 13.5. The third-order valence-electron chi connectivity index (χ3n) is 2.24. The van der Waals surface area contributed by atoms with Crippen molar-refractivity contribution in [1.82, 2.24) is 4.98 Å². The van der Waals surface area contributed by atoms with Crippen LogP contribution in [0.2, 0.25) is 10.0 Å². The second-order valence-corrected chi connectivity index (χ2v) is 4.41. The Hall–Kier alpha value is -1.98. The van der Waals surface area contributed by atoms with Gasteiger partial charge in [0.2, 0.25) is 0 Å². The number of ether oxygens (including phenoxy) is 1. The van der Waals surface area contributed by atoms with Crippen molar-refractivity contribution in [3.63, 3.8) is 0 Å². The maximum atomic E-state index is 8.60. The smallest absolute Gasteiger partial charge is 0.171 e. The van der Waals surface area contributed by atoms with Gasteiger partial charge in [-0.25, -0.2) is 0 Å². The van der Waals surface area contributed by atoms with Crippen molar-refractivity contribution in [3.8, 4) is 11.5 Å². The molecule has 0 unspecified atom stereocenters. The summed E-state index contributed by atoms with van der Waals surface area (Å²) >= 11 is 11.8. The van der Waals surface area contributed by atoms with E-state index in [1.54, 1.807) is 24.3 Å². The Morgan fingerprint density at radius 2 is 2.00 bits per heavy atom. The number of rotatable bonds is 3. The minimum atomic E-state index is -0.0685. The summed E-state index contributed by atoms with van der Waals surface area (Å²) in [6.07, 6.45) is 3.03. The molecule has 0 atom stereocenters. The first-order valence-corrected chi connectivity index (χ1v) is 5.91. The minimum Gasteiger partial charge on any atom is -0.456 e. The van der Waals surface area contributed by atoms with Gasteiger partial charge in [0.1, 0.15) is 11.5 Å². The van der Waals surface area contributed by atoms with Gasteiger partial charge in [-0.05, 0) is 12.1 Å². The van der Waals surface area contributed by atoms with Crippen molar-refractivity contribution in [3.05, 3.63) is 52.3 Å². The molecule has 3 N–H and O–H groups in total. The highest BCUT2D eigenvalue weighted by Gasteiger charge is 2.07. The van der Waals surface area contributed by atoms with Gasteiger partial charge < -0.3 is 15.7 Å². The summed E-state index contributed by atoms with van der Waals surface area (Å²) in [5, 5.41) is 12.3. The number of halogens is 2. The molecule has 5 nitrogen and oxygen atoms in total. The molecule has 1 aromatic carbocycles. The molecule has 1 heterocycles. The number of aromatic nitrogens is 1. The van der Waals surface area contributed by atoms with Crippen molar-refractivity contribution in [2.75, 3.05) is 0 Å². The van der Waals surface area contributed by atoms with Crippen LogP contribution in [0.25, 0.3) is 0 Å². The summed E-state index contributed by atoms with van der Waals surface area (Å²) in [7, 11) is 0. The topological polar surface area (TPSA) is 80.7 Å². The van der Waals surface area contributed by atoms with Crippen molar-refractivity contribution >= 4 is 29.0 Å². The molecule has 19 heavy (non-hydrogen) atoms. The van der Waals surface area contributed by atoms with E-state index in [0.29, 0.717) is 27.1 Å². The second-order valence-electron chi connectivity index (χ2n) is 3.57. The van der Waals surface area contributed by atoms with Crippen molar-refractivity contribution in [2.45, 2.75) is 0 Å². The lowest BCUT2D eigenvalue weighted by Crippen LogP contribution is -2.13. The quantitative estimate of drug-likeness (QED) is 0.394. The Labute approximate surface area is 119 Å². The molecule has 0 radical (unpaired) electrons. The third kappa shape index (κ3) is 3.27. The average molecular weight is 298 g/mol. The number of nitrogens with zero attached hydrogens (tertiary/aromatic N) is 2. The molecule has 0 aliphatic carbocycles. The molecule has 0 fully saturated rings. The standard InChI is InChI=1S/C12H9Cl2N3O2/c13-7-3-9(6-16-5-7)19-8-1-2-10(11(14)4-8)12(15)17-18/h1-6,18H,(H2,15,17). The van der Waals surface area contributed by atoms with E-state index in [0.717, 1.165) is 0 Å². The zero-order valence-corrected chi connectivity index (χ0v) is 11.1. The van der Waals surface area contributed by atoms with Crippen LogP contribution >= 0.6 is 23.2 Å². The molecule has 1 aromatic heterocycles. The van der Waals surface area contributed by atoms with Crippen molar-refractivity contribution < 1.29 is 9.94 Å². The van der Waals surface area contributed by atoms with Gasteiger partial charge in [-0.15, -0.1) is 0 Å². The van der Waals surface area contributed by atoms with Gasteiger partial charge in [0.05, 0.1) is 16.2 Å². The molecule has 2 aromatic rings. The highest BCUT2D eigenvalue weighted by molar-refractivity contribution is 6.34. The largest absolute Gasteiger partial charge is 0.456 e. The lowest BCUT2D eigenvalue weighted by molar-refractivity contribution is 0.318. The zero-order chi connectivity index (χ0) is 13.8. The van der Waals surface area contributed by atoms with Crippen molar-refractivity contribution in [2.24, 2.45) is 10.9 Å². The molecule has 2 rings (SSSR count). The van der Waals surface area contributed by atoms with Crippen LogP contribution in [0.15, 0.2) is 41.8 Å². The highest BCUT2D eigenvalue weighted by atomic mass is 35.5. The fourth-order valence-electron chi connectivity index (χ4n) is 1.41. The minimum absolute atomic E-state index is 0.0685. The number of hydrogen-bond donors (Lipinski definition) is 2. The molecular formula is C12H9Cl2N3O2. The summed E-state index contributed by atoms with van der Waals surface area (Å²) < 4.78 is 5.53. The predicted molar refractivity (Wildman–Crippen MR) is 73.3 cm³/mol. The normalized spacial score (nSPS) is 11.4. The van der Waals surface area contributed by atoms with Gasteiger partial charge in [-0.3, -0.25) is 4.98 Å². The van der Waals surface area contributed by atoms with Crippen LogP contribution in [0.3, 0.4) is 0 Å². The summed E-state index contributed by atoms with van der Waals surface area (Å²) in [6.45, 7) is 0. The summed E-state index contributed by atoms with van der Waals surface area (Å²) in [4.78, 5) is 3.90. The molecule has 7 heteroatoms. The van der Waals surface area contributed by atoms with E-state index in [4.69, 9.17) is 38.9 Å². The molecule has 0 saturated heterocycles. The maximum absolute atomic E-state index is 8.60. The van der Waals surface area contributed by atoms with Gasteiger partial charge in [0.15, 0.2) is 5.84 Å². The van der Waals surface area contributed by atoms with E-state index >= 15 is 0 Å². The summed E-state index contributed by atoms with van der Waals surface area (Å²) in [5.41, 5.74) is 5.88. The van der Waals surface area contributed by atoms with E-state index in [1.165, 1.54) is 12.4 Å². The van der Waals surface area contributed by atoms with Gasteiger partial charge in [0.25, 0.3) is 0 Å². The van der Waals surface area contributed by atoms with Crippen LogP contribution in [0.1, 0.15) is 5.56 Å². The summed E-state index contributed by atoms with van der Waals surface area (Å²) in [5.74, 6) is 0.907. The maximum Gasteiger partial charge on any atom is 0.171 e. The van der Waals surface area contributed by atoms with E-state index in [2.05, 4.69) is 10.1 Å². The molecule has 98 valence electrons. The van der Waals surface area contributed by atoms with Crippen LogP contribution in [0.5, 0.6) is 11.5 Å². The molecule has 0 bridgehead atoms. The van der Waals surface area contributed by atoms with Crippen LogP contribution in [0, 0.1) is 0 Å². The zero-order valence-electron chi connectivity index (χ0n) is 9.55. The van der Waals surface area contributed by atoms with Crippen LogP contribution in [-0.4, -0.2) is 16.0 Å². The van der Waals surface area contributed by atoms with Crippen molar-refractivity contribution in [1.29, 1.82) is 0 Å². The Balaban J connectivity index is 2.26. The van der Waals surface area contributed by atoms with E-state index in [-0.39, 0.29) is 5.84 Å². The highest BCUT2D eigenvalue weighted by Crippen LogP contribution is 2.27. The number of nitrogens with two attached hydrogens (primary N) is 1. The number of benzene rings is 1. The summed E-state index contributed by atoms with van der Waals surface area (Å²) in [6, 6.07) is 6.40. The lowest BCUT2D eigenvalue weighted by Gasteiger charge is -2.08. The molecule has 0 aliphatic rings. The second kappa shape index (κ2) is 5.77. The predicted octanol–water partition coefficient (Wildman–Crippen LogP) is 3.28. The first-order valence-electron chi connectivity index (χ1n) is 5.16. The van der Waals surface area contributed by atoms with Crippen LogP contribution < -0.4 is 10.5 Å². The van der Waals surface area contributed by atoms with Crippen LogP contribution in [0.4, 0.5) is 0 Å². The first-order chi connectivity index (χ1) is 9.10. The number of amidine groups is 1. The molecule has 0 saturated carbocycles. The Morgan fingerprint density at radius 3 is 2.63 bits per heavy atom.